The summed E-state index contributed by atoms with van der Waals surface area (Å²) in [6.45, 7) is 0. The second kappa shape index (κ2) is 3.73. The molecule has 17 heavy (non-hydrogen) atoms. The predicted molar refractivity (Wildman–Crippen MR) is 55.6 cm³/mol. The Bertz CT molecular complexity index is 593. The van der Waals surface area contributed by atoms with E-state index in [0.29, 0.717) is 0 Å². The van der Waals surface area contributed by atoms with E-state index in [0.717, 1.165) is 12.1 Å². The highest BCUT2D eigenvalue weighted by molar-refractivity contribution is 5.93. The molecule has 0 N–H and O–H groups in total. The Morgan fingerprint density at radius 1 is 1.00 bits per heavy atom. The molecule has 3 nitrogen and oxygen atoms in total. The lowest BCUT2D eigenvalue weighted by Crippen LogP contribution is -2.05. The Morgan fingerprint density at radius 3 is 2.18 bits per heavy atom. The molecule has 0 spiro atoms. The van der Waals surface area contributed by atoms with Gasteiger partial charge in [-0.25, -0.2) is 0 Å². The van der Waals surface area contributed by atoms with Gasteiger partial charge in [0.2, 0.25) is 0 Å². The molecular weight excluding hydrogens is 235 g/mol. The van der Waals surface area contributed by atoms with Gasteiger partial charge >= 0.3 is 6.18 Å². The molecular formula is C11H6F3NO2. The number of hydrogen-bond donors (Lipinski definition) is 0. The molecule has 0 saturated carbocycles. The van der Waals surface area contributed by atoms with Crippen molar-refractivity contribution in [1.82, 2.24) is 0 Å². The summed E-state index contributed by atoms with van der Waals surface area (Å²) in [4.78, 5) is 10.0. The van der Waals surface area contributed by atoms with Crippen molar-refractivity contribution in [3.05, 3.63) is 52.1 Å². The van der Waals surface area contributed by atoms with E-state index in [9.17, 15) is 23.3 Å². The van der Waals surface area contributed by atoms with Gasteiger partial charge in [0.1, 0.15) is 0 Å². The maximum atomic E-state index is 12.7. The van der Waals surface area contributed by atoms with Gasteiger partial charge in [-0.15, -0.1) is 0 Å². The molecule has 0 aliphatic heterocycles. The summed E-state index contributed by atoms with van der Waals surface area (Å²) in [5, 5.41) is 10.5. The van der Waals surface area contributed by atoms with Crippen molar-refractivity contribution >= 4 is 16.5 Å². The molecule has 88 valence electrons. The quantitative estimate of drug-likeness (QED) is 0.563. The lowest BCUT2D eigenvalue weighted by molar-refractivity contribution is -0.383. The lowest BCUT2D eigenvalue weighted by Gasteiger charge is -2.09. The van der Waals surface area contributed by atoms with Crippen LogP contribution in [-0.4, -0.2) is 4.92 Å². The first-order chi connectivity index (χ1) is 7.91. The molecule has 0 bridgehead atoms. The van der Waals surface area contributed by atoms with Crippen molar-refractivity contribution in [3.63, 3.8) is 0 Å². The number of rotatable bonds is 1. The number of nitro groups is 1. The topological polar surface area (TPSA) is 43.1 Å². The van der Waals surface area contributed by atoms with Gasteiger partial charge in [-0.3, -0.25) is 10.1 Å². The van der Waals surface area contributed by atoms with E-state index < -0.39 is 16.7 Å². The molecule has 6 heteroatoms. The Hall–Kier alpha value is -2.11. The number of benzene rings is 2. The van der Waals surface area contributed by atoms with Gasteiger partial charge < -0.3 is 0 Å². The van der Waals surface area contributed by atoms with Crippen LogP contribution < -0.4 is 0 Å². The minimum Gasteiger partial charge on any atom is -0.258 e. The van der Waals surface area contributed by atoms with Crippen LogP contribution in [0.2, 0.25) is 0 Å². The van der Waals surface area contributed by atoms with Crippen molar-refractivity contribution < 1.29 is 18.1 Å². The van der Waals surface area contributed by atoms with E-state index in [1.807, 2.05) is 0 Å². The van der Waals surface area contributed by atoms with Crippen LogP contribution in [0.3, 0.4) is 0 Å². The van der Waals surface area contributed by atoms with Crippen LogP contribution in [-0.2, 0) is 6.18 Å². The first-order valence-electron chi connectivity index (χ1n) is 4.64. The molecule has 0 saturated heterocycles. The molecule has 2 rings (SSSR count). The number of nitro benzene ring substituents is 1. The molecule has 0 radical (unpaired) electrons. The van der Waals surface area contributed by atoms with Crippen LogP contribution in [0.1, 0.15) is 5.56 Å². The van der Waals surface area contributed by atoms with Gasteiger partial charge in [0, 0.05) is 11.5 Å². The summed E-state index contributed by atoms with van der Waals surface area (Å²) in [6, 6.07) is 7.04. The Balaban J connectivity index is 2.84. The summed E-state index contributed by atoms with van der Waals surface area (Å²) >= 11 is 0. The van der Waals surface area contributed by atoms with Crippen molar-refractivity contribution in [2.75, 3.05) is 0 Å². The fourth-order valence-corrected chi connectivity index (χ4v) is 1.70. The minimum absolute atomic E-state index is 0.00711. The van der Waals surface area contributed by atoms with Crippen LogP contribution in [0.4, 0.5) is 18.9 Å². The molecule has 0 heterocycles. The largest absolute Gasteiger partial charge is 0.417 e. The summed E-state index contributed by atoms with van der Waals surface area (Å²) in [5.74, 6) is 0. The fraction of sp³-hybridized carbons (Fsp3) is 0.0909. The molecule has 0 unspecified atom stereocenters. The fourth-order valence-electron chi connectivity index (χ4n) is 1.70. The Kier molecular flexibility index (Phi) is 2.49. The van der Waals surface area contributed by atoms with Gasteiger partial charge in [0.05, 0.1) is 15.9 Å². The van der Waals surface area contributed by atoms with Crippen molar-refractivity contribution in [3.8, 4) is 0 Å². The highest BCUT2D eigenvalue weighted by atomic mass is 19.4. The van der Waals surface area contributed by atoms with Gasteiger partial charge in [0.25, 0.3) is 5.69 Å². The van der Waals surface area contributed by atoms with Crippen LogP contribution in [0, 0.1) is 10.1 Å². The van der Waals surface area contributed by atoms with Gasteiger partial charge in [-0.2, -0.15) is 13.2 Å². The summed E-state index contributed by atoms with van der Waals surface area (Å²) in [6.07, 6.45) is -4.52. The van der Waals surface area contributed by atoms with Crippen LogP contribution in [0.5, 0.6) is 0 Å². The second-order valence-corrected chi connectivity index (χ2v) is 3.43. The third kappa shape index (κ3) is 1.93. The maximum Gasteiger partial charge on any atom is 0.417 e. The van der Waals surface area contributed by atoms with Crippen LogP contribution in [0.15, 0.2) is 36.4 Å². The predicted octanol–water partition coefficient (Wildman–Crippen LogP) is 3.77. The van der Waals surface area contributed by atoms with Gasteiger partial charge in [0.15, 0.2) is 0 Å². The third-order valence-corrected chi connectivity index (χ3v) is 2.40. The molecule has 0 aliphatic carbocycles. The van der Waals surface area contributed by atoms with Crippen LogP contribution >= 0.6 is 0 Å². The Morgan fingerprint density at radius 2 is 1.59 bits per heavy atom. The summed E-state index contributed by atoms with van der Waals surface area (Å²) in [7, 11) is 0. The number of non-ortho nitro benzene ring substituents is 1. The van der Waals surface area contributed by atoms with E-state index in [4.69, 9.17) is 0 Å². The third-order valence-electron chi connectivity index (χ3n) is 2.40. The zero-order valence-electron chi connectivity index (χ0n) is 8.36. The molecule has 2 aromatic carbocycles. The molecule has 0 fully saturated rings. The average molecular weight is 241 g/mol. The molecule has 0 aliphatic rings. The van der Waals surface area contributed by atoms with E-state index in [2.05, 4.69) is 0 Å². The zero-order valence-corrected chi connectivity index (χ0v) is 8.36. The highest BCUT2D eigenvalue weighted by Crippen LogP contribution is 2.37. The van der Waals surface area contributed by atoms with E-state index in [-0.39, 0.29) is 16.5 Å². The number of fused-ring (bicyclic) bond motifs is 1. The number of nitrogens with zero attached hydrogens (tertiary/aromatic N) is 1. The molecule has 2 aromatic rings. The van der Waals surface area contributed by atoms with Crippen molar-refractivity contribution in [2.24, 2.45) is 0 Å². The Labute approximate surface area is 93.6 Å². The molecule has 0 amide bonds. The number of hydrogen-bond acceptors (Lipinski definition) is 2. The lowest BCUT2D eigenvalue weighted by atomic mass is 10.0. The van der Waals surface area contributed by atoms with Gasteiger partial charge in [-0.05, 0) is 12.1 Å². The summed E-state index contributed by atoms with van der Waals surface area (Å²) < 4.78 is 38.0. The highest BCUT2D eigenvalue weighted by Gasteiger charge is 2.33. The van der Waals surface area contributed by atoms with Crippen molar-refractivity contribution in [2.45, 2.75) is 6.18 Å². The smallest absolute Gasteiger partial charge is 0.258 e. The first-order valence-corrected chi connectivity index (χ1v) is 4.64. The number of alkyl halides is 3. The summed E-state index contributed by atoms with van der Waals surface area (Å²) in [5.41, 5.74) is -1.19. The maximum absolute atomic E-state index is 12.7. The van der Waals surface area contributed by atoms with Gasteiger partial charge in [-0.1, -0.05) is 18.2 Å². The molecule has 0 atom stereocenters. The number of halogens is 3. The standard InChI is InChI=1S/C11H6F3NO2/c12-11(13,14)9-5-1-4-8-7(9)3-2-6-10(8)15(16)17/h1-6H. The van der Waals surface area contributed by atoms with E-state index in [1.165, 1.54) is 24.3 Å². The van der Waals surface area contributed by atoms with Crippen molar-refractivity contribution in [1.29, 1.82) is 0 Å². The normalized spacial score (nSPS) is 11.7. The monoisotopic (exact) mass is 241 g/mol. The van der Waals surface area contributed by atoms with E-state index >= 15 is 0 Å². The zero-order chi connectivity index (χ0) is 12.6. The second-order valence-electron chi connectivity index (χ2n) is 3.43. The minimum atomic E-state index is -4.52. The average Bonchev–Trinajstić information content (AvgIpc) is 2.26. The SMILES string of the molecule is O=[N+]([O-])c1cccc2c(C(F)(F)F)cccc12. The van der Waals surface area contributed by atoms with E-state index in [1.54, 1.807) is 0 Å². The van der Waals surface area contributed by atoms with Crippen LogP contribution in [0.25, 0.3) is 10.8 Å². The first kappa shape index (κ1) is 11.4. The molecule has 0 aromatic heterocycles.